The summed E-state index contributed by atoms with van der Waals surface area (Å²) in [5.41, 5.74) is 1.44. The average molecular weight is 430 g/mol. The van der Waals surface area contributed by atoms with Gasteiger partial charge >= 0.3 is 0 Å². The molecule has 1 amide bonds. The molecule has 2 N–H and O–H groups in total. The lowest BCUT2D eigenvalue weighted by Crippen LogP contribution is -2.46. The molecule has 32 heavy (non-hydrogen) atoms. The Hall–Kier alpha value is -3.21. The molecule has 0 bridgehead atoms. The second kappa shape index (κ2) is 8.73. The Kier molecular flexibility index (Phi) is 5.64. The molecule has 0 spiro atoms. The van der Waals surface area contributed by atoms with Crippen molar-refractivity contribution < 1.29 is 9.90 Å². The Bertz CT molecular complexity index is 1180. The second-order valence-corrected chi connectivity index (χ2v) is 8.60. The average Bonchev–Trinajstić information content (AvgIpc) is 3.23. The second-order valence-electron chi connectivity index (χ2n) is 8.60. The van der Waals surface area contributed by atoms with Gasteiger partial charge in [0.1, 0.15) is 17.7 Å². The Morgan fingerprint density at radius 1 is 1.12 bits per heavy atom. The Labute approximate surface area is 187 Å². The molecule has 1 aromatic carbocycles. The first kappa shape index (κ1) is 20.7. The maximum Gasteiger partial charge on any atom is 0.256 e. The molecular weight excluding hydrogens is 402 g/mol. The number of nitrogens with zero attached hydrogens (tertiary/aromatic N) is 4. The predicted octanol–water partition coefficient (Wildman–Crippen LogP) is 2.51. The zero-order valence-electron chi connectivity index (χ0n) is 18.0. The van der Waals surface area contributed by atoms with Crippen LogP contribution >= 0.6 is 0 Å². The lowest BCUT2D eigenvalue weighted by Gasteiger charge is -2.27. The summed E-state index contributed by atoms with van der Waals surface area (Å²) in [4.78, 5) is 23.6. The minimum absolute atomic E-state index is 0.0275. The van der Waals surface area contributed by atoms with Crippen LogP contribution in [0.5, 0.6) is 0 Å². The Balaban J connectivity index is 1.57. The minimum atomic E-state index is -0.898. The van der Waals surface area contributed by atoms with E-state index in [2.05, 4.69) is 27.1 Å². The third kappa shape index (κ3) is 4.12. The summed E-state index contributed by atoms with van der Waals surface area (Å²) in [6.45, 7) is 3.00. The highest BCUT2D eigenvalue weighted by Gasteiger charge is 2.27. The van der Waals surface area contributed by atoms with Gasteiger partial charge in [-0.1, -0.05) is 24.3 Å². The summed E-state index contributed by atoms with van der Waals surface area (Å²) < 4.78 is 1.92. The van der Waals surface area contributed by atoms with Crippen LogP contribution in [-0.4, -0.2) is 62.2 Å². The van der Waals surface area contributed by atoms with E-state index in [1.807, 2.05) is 39.9 Å². The molecule has 0 unspecified atom stereocenters. The fourth-order valence-corrected chi connectivity index (χ4v) is 4.58. The molecule has 7 nitrogen and oxygen atoms in total. The number of fused-ring (bicyclic) bond motifs is 1. The maximum absolute atomic E-state index is 13.3. The van der Waals surface area contributed by atoms with Gasteiger partial charge in [0.15, 0.2) is 0 Å². The molecule has 2 aliphatic rings. The van der Waals surface area contributed by atoms with E-state index in [-0.39, 0.29) is 5.91 Å². The summed E-state index contributed by atoms with van der Waals surface area (Å²) >= 11 is 0. The number of aliphatic hydroxyl groups is 1. The Morgan fingerprint density at radius 2 is 1.94 bits per heavy atom. The van der Waals surface area contributed by atoms with E-state index in [0.29, 0.717) is 24.5 Å². The first-order valence-electron chi connectivity index (χ1n) is 11.3. The summed E-state index contributed by atoms with van der Waals surface area (Å²) in [6, 6.07) is 7.69. The first-order valence-corrected chi connectivity index (χ1v) is 11.3. The van der Waals surface area contributed by atoms with Gasteiger partial charge in [-0.15, -0.1) is 0 Å². The summed E-state index contributed by atoms with van der Waals surface area (Å²) in [5.74, 6) is 7.01. The third-order valence-corrected chi connectivity index (χ3v) is 6.37. The van der Waals surface area contributed by atoms with E-state index in [4.69, 9.17) is 0 Å². The normalized spacial score (nSPS) is 18.2. The van der Waals surface area contributed by atoms with Crippen molar-refractivity contribution in [3.63, 3.8) is 0 Å². The standard InChI is InChI=1S/C25H27N5O2/c31-24(29-14-12-26-13-15-29)21-17-30(23-7-11-27-18-28-23)22-16-19(4-5-20(21)22)6-10-25(32)8-2-1-3-9-25/h4-5,7,11,16-18,26,32H,1-3,8-9,12-15H2. The van der Waals surface area contributed by atoms with Crippen LogP contribution in [0, 0.1) is 11.8 Å². The highest BCUT2D eigenvalue weighted by atomic mass is 16.3. The van der Waals surface area contributed by atoms with Crippen LogP contribution in [-0.2, 0) is 0 Å². The third-order valence-electron chi connectivity index (χ3n) is 6.37. The fourth-order valence-electron chi connectivity index (χ4n) is 4.58. The highest BCUT2D eigenvalue weighted by Crippen LogP contribution is 2.29. The van der Waals surface area contributed by atoms with E-state index >= 15 is 0 Å². The molecule has 3 heterocycles. The van der Waals surface area contributed by atoms with Crippen LogP contribution in [0.3, 0.4) is 0 Å². The van der Waals surface area contributed by atoms with Crippen molar-refractivity contribution >= 4 is 16.8 Å². The lowest BCUT2D eigenvalue weighted by molar-refractivity contribution is 0.0610. The van der Waals surface area contributed by atoms with Gasteiger partial charge in [-0.05, 0) is 43.9 Å². The zero-order valence-corrected chi connectivity index (χ0v) is 18.0. The van der Waals surface area contributed by atoms with E-state index in [0.717, 1.165) is 61.7 Å². The number of carbonyl (C=O) groups is 1. The van der Waals surface area contributed by atoms with Gasteiger partial charge in [-0.3, -0.25) is 4.79 Å². The van der Waals surface area contributed by atoms with Crippen LogP contribution in [0.2, 0.25) is 0 Å². The van der Waals surface area contributed by atoms with E-state index in [1.165, 1.54) is 6.33 Å². The number of hydrogen-bond donors (Lipinski definition) is 2. The first-order chi connectivity index (χ1) is 15.6. The molecule has 2 fully saturated rings. The van der Waals surface area contributed by atoms with Crippen molar-refractivity contribution in [3.05, 3.63) is 54.1 Å². The number of aromatic nitrogens is 3. The number of amides is 1. The van der Waals surface area contributed by atoms with E-state index < -0.39 is 5.60 Å². The minimum Gasteiger partial charge on any atom is -0.378 e. The van der Waals surface area contributed by atoms with Gasteiger partial charge in [-0.25, -0.2) is 9.97 Å². The van der Waals surface area contributed by atoms with Gasteiger partial charge in [0.2, 0.25) is 0 Å². The smallest absolute Gasteiger partial charge is 0.256 e. The molecule has 2 aromatic heterocycles. The predicted molar refractivity (Wildman–Crippen MR) is 123 cm³/mol. The van der Waals surface area contributed by atoms with Gasteiger partial charge in [0.05, 0.1) is 11.1 Å². The monoisotopic (exact) mass is 429 g/mol. The number of nitrogens with one attached hydrogen (secondary N) is 1. The summed E-state index contributed by atoms with van der Waals surface area (Å²) in [6.07, 6.45) is 9.69. The number of piperazine rings is 1. The summed E-state index contributed by atoms with van der Waals surface area (Å²) in [5, 5.41) is 14.9. The topological polar surface area (TPSA) is 83.3 Å². The van der Waals surface area contributed by atoms with Crippen LogP contribution in [0.4, 0.5) is 0 Å². The van der Waals surface area contributed by atoms with Crippen LogP contribution in [0.25, 0.3) is 16.7 Å². The number of benzene rings is 1. The molecule has 0 radical (unpaired) electrons. The van der Waals surface area contributed by atoms with Crippen molar-refractivity contribution in [1.82, 2.24) is 24.8 Å². The van der Waals surface area contributed by atoms with E-state index in [9.17, 15) is 9.90 Å². The summed E-state index contributed by atoms with van der Waals surface area (Å²) in [7, 11) is 0. The quantitative estimate of drug-likeness (QED) is 0.612. The molecular formula is C25H27N5O2. The molecule has 1 aliphatic heterocycles. The molecule has 164 valence electrons. The SMILES string of the molecule is O=C(c1cn(-c2ccncn2)c2cc(C#CC3(O)CCCCC3)ccc12)N1CCNCC1. The largest absolute Gasteiger partial charge is 0.378 e. The van der Waals surface area contributed by atoms with Crippen molar-refractivity contribution in [2.45, 2.75) is 37.7 Å². The zero-order chi connectivity index (χ0) is 22.0. The molecule has 5 rings (SSSR count). The number of rotatable bonds is 2. The van der Waals surface area contributed by atoms with Crippen LogP contribution in [0.1, 0.15) is 48.0 Å². The Morgan fingerprint density at radius 3 is 2.69 bits per heavy atom. The number of carbonyl (C=O) groups excluding carboxylic acids is 1. The fraction of sp³-hybridized carbons (Fsp3) is 0.400. The van der Waals surface area contributed by atoms with Crippen molar-refractivity contribution in [3.8, 4) is 17.7 Å². The molecule has 7 heteroatoms. The molecule has 1 aliphatic carbocycles. The van der Waals surface area contributed by atoms with Crippen LogP contribution < -0.4 is 5.32 Å². The molecule has 1 saturated carbocycles. The van der Waals surface area contributed by atoms with E-state index in [1.54, 1.807) is 6.20 Å². The van der Waals surface area contributed by atoms with Crippen molar-refractivity contribution in [2.24, 2.45) is 0 Å². The van der Waals surface area contributed by atoms with Gasteiger partial charge in [0.25, 0.3) is 5.91 Å². The van der Waals surface area contributed by atoms with Gasteiger partial charge in [-0.2, -0.15) is 0 Å². The number of hydrogen-bond acceptors (Lipinski definition) is 5. The van der Waals surface area contributed by atoms with Gasteiger partial charge in [0, 0.05) is 49.5 Å². The lowest BCUT2D eigenvalue weighted by atomic mass is 9.85. The van der Waals surface area contributed by atoms with Crippen molar-refractivity contribution in [2.75, 3.05) is 26.2 Å². The molecule has 3 aromatic rings. The highest BCUT2D eigenvalue weighted by molar-refractivity contribution is 6.07. The van der Waals surface area contributed by atoms with Gasteiger partial charge < -0.3 is 19.9 Å². The van der Waals surface area contributed by atoms with Crippen LogP contribution in [0.15, 0.2) is 43.0 Å². The van der Waals surface area contributed by atoms with Crippen molar-refractivity contribution in [1.29, 1.82) is 0 Å². The molecule has 1 saturated heterocycles. The maximum atomic E-state index is 13.3. The molecule has 0 atom stereocenters.